The maximum Gasteiger partial charge on any atom is 0.0642 e. The Balaban J connectivity index is 2.31. The van der Waals surface area contributed by atoms with Crippen molar-refractivity contribution in [2.75, 3.05) is 18.0 Å². The van der Waals surface area contributed by atoms with Crippen LogP contribution in [-0.2, 0) is 0 Å². The van der Waals surface area contributed by atoms with Crippen LogP contribution >= 0.6 is 11.6 Å². The van der Waals surface area contributed by atoms with Gasteiger partial charge in [-0.05, 0) is 45.4 Å². The third-order valence-corrected chi connectivity index (χ3v) is 3.69. The highest BCUT2D eigenvalue weighted by Gasteiger charge is 2.31. The van der Waals surface area contributed by atoms with E-state index in [9.17, 15) is 0 Å². The molecule has 1 aliphatic heterocycles. The third kappa shape index (κ3) is 2.75. The van der Waals surface area contributed by atoms with Gasteiger partial charge in [0.1, 0.15) is 0 Å². The number of hydrogen-bond donors (Lipinski definition) is 1. The minimum absolute atomic E-state index is 0.140. The molecule has 0 aliphatic carbocycles. The second kappa shape index (κ2) is 4.51. The van der Waals surface area contributed by atoms with Crippen molar-refractivity contribution >= 4 is 17.3 Å². The van der Waals surface area contributed by atoms with Gasteiger partial charge in [-0.3, -0.25) is 0 Å². The Morgan fingerprint density at radius 1 is 1.41 bits per heavy atom. The summed E-state index contributed by atoms with van der Waals surface area (Å²) >= 11 is 6.36. The molecule has 0 aromatic heterocycles. The van der Waals surface area contributed by atoms with E-state index in [-0.39, 0.29) is 5.54 Å². The van der Waals surface area contributed by atoms with Crippen molar-refractivity contribution in [1.82, 2.24) is 5.32 Å². The van der Waals surface area contributed by atoms with E-state index >= 15 is 0 Å². The van der Waals surface area contributed by atoms with Gasteiger partial charge < -0.3 is 10.2 Å². The first-order valence-electron chi connectivity index (χ1n) is 6.17. The van der Waals surface area contributed by atoms with Gasteiger partial charge in [0.15, 0.2) is 0 Å². The van der Waals surface area contributed by atoms with Gasteiger partial charge in [-0.2, -0.15) is 0 Å². The highest BCUT2D eigenvalue weighted by molar-refractivity contribution is 6.33. The van der Waals surface area contributed by atoms with E-state index in [0.29, 0.717) is 6.04 Å². The number of piperazine rings is 1. The number of benzene rings is 1. The van der Waals surface area contributed by atoms with Crippen LogP contribution < -0.4 is 10.2 Å². The summed E-state index contributed by atoms with van der Waals surface area (Å²) in [6.45, 7) is 10.7. The van der Waals surface area contributed by atoms with E-state index < -0.39 is 0 Å². The van der Waals surface area contributed by atoms with Gasteiger partial charge in [0.25, 0.3) is 0 Å². The Hall–Kier alpha value is -0.730. The van der Waals surface area contributed by atoms with E-state index in [0.717, 1.165) is 23.8 Å². The van der Waals surface area contributed by atoms with E-state index in [2.05, 4.69) is 50.0 Å². The Bertz CT molecular complexity index is 415. The lowest BCUT2D eigenvalue weighted by atomic mass is 9.98. The molecule has 94 valence electrons. The Labute approximate surface area is 109 Å². The lowest BCUT2D eigenvalue weighted by Gasteiger charge is -2.45. The largest absolute Gasteiger partial charge is 0.365 e. The molecule has 1 saturated heterocycles. The Kier molecular flexibility index (Phi) is 3.37. The van der Waals surface area contributed by atoms with Crippen LogP contribution in [0.2, 0.25) is 5.02 Å². The maximum absolute atomic E-state index is 6.36. The lowest BCUT2D eigenvalue weighted by Crippen LogP contribution is -2.61. The highest BCUT2D eigenvalue weighted by Crippen LogP contribution is 2.30. The molecule has 1 fully saturated rings. The van der Waals surface area contributed by atoms with Crippen LogP contribution in [0.3, 0.4) is 0 Å². The maximum atomic E-state index is 6.36. The van der Waals surface area contributed by atoms with Crippen LogP contribution in [0.25, 0.3) is 0 Å². The second-order valence-electron chi connectivity index (χ2n) is 5.70. The number of rotatable bonds is 1. The first kappa shape index (κ1) is 12.7. The minimum Gasteiger partial charge on any atom is -0.365 e. The van der Waals surface area contributed by atoms with Crippen LogP contribution in [-0.4, -0.2) is 24.7 Å². The van der Waals surface area contributed by atoms with Crippen molar-refractivity contribution < 1.29 is 0 Å². The molecular weight excluding hydrogens is 232 g/mol. The van der Waals surface area contributed by atoms with Crippen LogP contribution in [0.4, 0.5) is 5.69 Å². The summed E-state index contributed by atoms with van der Waals surface area (Å²) in [4.78, 5) is 2.40. The van der Waals surface area contributed by atoms with Gasteiger partial charge >= 0.3 is 0 Å². The normalized spacial score (nSPS) is 23.8. The molecule has 1 heterocycles. The van der Waals surface area contributed by atoms with Crippen LogP contribution in [0, 0.1) is 6.92 Å². The topological polar surface area (TPSA) is 15.3 Å². The smallest absolute Gasteiger partial charge is 0.0642 e. The molecule has 1 aromatic rings. The molecule has 17 heavy (non-hydrogen) atoms. The number of hydrogen-bond acceptors (Lipinski definition) is 2. The summed E-state index contributed by atoms with van der Waals surface area (Å²) in [5, 5.41) is 4.41. The third-order valence-electron chi connectivity index (χ3n) is 3.39. The van der Waals surface area contributed by atoms with Crippen molar-refractivity contribution in [1.29, 1.82) is 0 Å². The number of anilines is 1. The first-order chi connectivity index (χ1) is 7.89. The molecule has 3 heteroatoms. The standard InChI is InChI=1S/C14H21ClN2/c1-10-5-6-13(12(15)7-10)17-9-14(3,4)16-8-11(17)2/h5-7,11,16H,8-9H2,1-4H3. The second-order valence-corrected chi connectivity index (χ2v) is 6.10. The van der Waals surface area contributed by atoms with Gasteiger partial charge in [-0.25, -0.2) is 0 Å². The SMILES string of the molecule is Cc1ccc(N2CC(C)(C)NCC2C)c(Cl)c1. The number of aryl methyl sites for hydroxylation is 1. The van der Waals surface area contributed by atoms with Crippen molar-refractivity contribution in [2.45, 2.75) is 39.3 Å². The molecule has 0 amide bonds. The van der Waals surface area contributed by atoms with Crippen molar-refractivity contribution in [3.05, 3.63) is 28.8 Å². The fourth-order valence-corrected chi connectivity index (χ4v) is 2.68. The van der Waals surface area contributed by atoms with Crippen LogP contribution in [0.5, 0.6) is 0 Å². The van der Waals surface area contributed by atoms with Crippen molar-refractivity contribution in [2.24, 2.45) is 0 Å². The van der Waals surface area contributed by atoms with Crippen molar-refractivity contribution in [3.8, 4) is 0 Å². The Morgan fingerprint density at radius 3 is 2.76 bits per heavy atom. The van der Waals surface area contributed by atoms with E-state index in [1.54, 1.807) is 0 Å². The molecule has 2 rings (SSSR count). The summed E-state index contributed by atoms with van der Waals surface area (Å²) < 4.78 is 0. The van der Waals surface area contributed by atoms with Gasteiger partial charge in [0.05, 0.1) is 10.7 Å². The molecule has 0 bridgehead atoms. The summed E-state index contributed by atoms with van der Waals surface area (Å²) in [7, 11) is 0. The molecule has 1 N–H and O–H groups in total. The fourth-order valence-electron chi connectivity index (χ4n) is 2.34. The number of halogens is 1. The predicted octanol–water partition coefficient (Wildman–Crippen LogP) is 3.23. The molecular formula is C14H21ClN2. The molecule has 1 aliphatic rings. The molecule has 2 nitrogen and oxygen atoms in total. The minimum atomic E-state index is 0.140. The van der Waals surface area contributed by atoms with E-state index in [1.165, 1.54) is 5.56 Å². The zero-order chi connectivity index (χ0) is 12.6. The van der Waals surface area contributed by atoms with Crippen LogP contribution in [0.15, 0.2) is 18.2 Å². The predicted molar refractivity (Wildman–Crippen MR) is 75.1 cm³/mol. The lowest BCUT2D eigenvalue weighted by molar-refractivity contribution is 0.318. The summed E-state index contributed by atoms with van der Waals surface area (Å²) in [5.41, 5.74) is 2.50. The zero-order valence-corrected chi connectivity index (χ0v) is 11.8. The fraction of sp³-hybridized carbons (Fsp3) is 0.571. The van der Waals surface area contributed by atoms with Gasteiger partial charge in [-0.1, -0.05) is 17.7 Å². The van der Waals surface area contributed by atoms with Crippen LogP contribution in [0.1, 0.15) is 26.3 Å². The molecule has 1 aromatic carbocycles. The molecule has 0 radical (unpaired) electrons. The summed E-state index contributed by atoms with van der Waals surface area (Å²) in [5.74, 6) is 0. The monoisotopic (exact) mass is 252 g/mol. The van der Waals surface area contributed by atoms with E-state index in [4.69, 9.17) is 11.6 Å². The average Bonchev–Trinajstić information content (AvgIpc) is 2.22. The number of nitrogens with one attached hydrogen (secondary N) is 1. The molecule has 0 spiro atoms. The molecule has 1 atom stereocenters. The van der Waals surface area contributed by atoms with Gasteiger partial charge in [-0.15, -0.1) is 0 Å². The van der Waals surface area contributed by atoms with E-state index in [1.807, 2.05) is 6.07 Å². The average molecular weight is 253 g/mol. The van der Waals surface area contributed by atoms with Crippen molar-refractivity contribution in [3.63, 3.8) is 0 Å². The zero-order valence-electron chi connectivity index (χ0n) is 11.0. The first-order valence-corrected chi connectivity index (χ1v) is 6.55. The quantitative estimate of drug-likeness (QED) is 0.826. The summed E-state index contributed by atoms with van der Waals surface area (Å²) in [6, 6.07) is 6.78. The van der Waals surface area contributed by atoms with Gasteiger partial charge in [0, 0.05) is 24.7 Å². The highest BCUT2D eigenvalue weighted by atomic mass is 35.5. The molecule has 0 saturated carbocycles. The van der Waals surface area contributed by atoms with Gasteiger partial charge in [0.2, 0.25) is 0 Å². The Morgan fingerprint density at radius 2 is 2.12 bits per heavy atom. The number of nitrogens with zero attached hydrogens (tertiary/aromatic N) is 1. The molecule has 1 unspecified atom stereocenters. The summed E-state index contributed by atoms with van der Waals surface area (Å²) in [6.07, 6.45) is 0.